The summed E-state index contributed by atoms with van der Waals surface area (Å²) in [7, 11) is 0. The normalized spacial score (nSPS) is 21.4. The van der Waals surface area contributed by atoms with Gasteiger partial charge in [-0.15, -0.1) is 0 Å². The second-order valence-electron chi connectivity index (χ2n) is 5.85. The van der Waals surface area contributed by atoms with Gasteiger partial charge in [0.15, 0.2) is 0 Å². The van der Waals surface area contributed by atoms with Crippen molar-refractivity contribution in [2.45, 2.75) is 70.4 Å². The standard InChI is InChI=1S/C15H25N3/c1-2-16-10-13-11-17-18(15(13)12-8-9-12)14-6-4-3-5-7-14/h11-12,14,16H,2-10H2,1H3. The molecule has 2 aliphatic rings. The lowest BCUT2D eigenvalue weighted by Crippen LogP contribution is -2.18. The maximum atomic E-state index is 4.73. The topological polar surface area (TPSA) is 29.9 Å². The van der Waals surface area contributed by atoms with Crippen LogP contribution in [0.25, 0.3) is 0 Å². The number of nitrogens with one attached hydrogen (secondary N) is 1. The van der Waals surface area contributed by atoms with Gasteiger partial charge in [0.05, 0.1) is 12.2 Å². The first-order valence-corrected chi connectivity index (χ1v) is 7.67. The Morgan fingerprint density at radius 1 is 1.22 bits per heavy atom. The van der Waals surface area contributed by atoms with Crippen molar-refractivity contribution >= 4 is 0 Å². The molecule has 0 unspecified atom stereocenters. The number of rotatable bonds is 5. The number of hydrogen-bond acceptors (Lipinski definition) is 2. The lowest BCUT2D eigenvalue weighted by atomic mass is 9.95. The molecule has 3 nitrogen and oxygen atoms in total. The van der Waals surface area contributed by atoms with Gasteiger partial charge in [0.25, 0.3) is 0 Å². The third-order valence-corrected chi connectivity index (χ3v) is 4.36. The highest BCUT2D eigenvalue weighted by atomic mass is 15.3. The highest BCUT2D eigenvalue weighted by Gasteiger charge is 2.32. The molecule has 2 fully saturated rings. The van der Waals surface area contributed by atoms with E-state index in [-0.39, 0.29) is 0 Å². The zero-order valence-electron chi connectivity index (χ0n) is 11.5. The Bertz CT molecular complexity index is 386. The fourth-order valence-electron chi connectivity index (χ4n) is 3.23. The molecule has 0 radical (unpaired) electrons. The van der Waals surface area contributed by atoms with Crippen LogP contribution in [0.4, 0.5) is 0 Å². The molecule has 0 amide bonds. The Kier molecular flexibility index (Phi) is 3.69. The average Bonchev–Trinajstić information content (AvgIpc) is 3.17. The van der Waals surface area contributed by atoms with Gasteiger partial charge in [0.2, 0.25) is 0 Å². The third-order valence-electron chi connectivity index (χ3n) is 4.36. The van der Waals surface area contributed by atoms with Crippen molar-refractivity contribution in [1.29, 1.82) is 0 Å². The Morgan fingerprint density at radius 3 is 2.67 bits per heavy atom. The summed E-state index contributed by atoms with van der Waals surface area (Å²) in [5.74, 6) is 0.808. The van der Waals surface area contributed by atoms with E-state index >= 15 is 0 Å². The summed E-state index contributed by atoms with van der Waals surface area (Å²) in [6, 6.07) is 0.685. The summed E-state index contributed by atoms with van der Waals surface area (Å²) in [5, 5.41) is 8.18. The molecule has 0 spiro atoms. The zero-order chi connectivity index (χ0) is 12.4. The minimum atomic E-state index is 0.685. The van der Waals surface area contributed by atoms with Gasteiger partial charge in [-0.25, -0.2) is 0 Å². The second-order valence-corrected chi connectivity index (χ2v) is 5.85. The van der Waals surface area contributed by atoms with Crippen LogP contribution in [-0.4, -0.2) is 16.3 Å². The molecule has 1 aromatic heterocycles. The lowest BCUT2D eigenvalue weighted by Gasteiger charge is -2.24. The zero-order valence-corrected chi connectivity index (χ0v) is 11.5. The van der Waals surface area contributed by atoms with Crippen LogP contribution in [-0.2, 0) is 6.54 Å². The summed E-state index contributed by atoms with van der Waals surface area (Å²) >= 11 is 0. The molecule has 0 atom stereocenters. The van der Waals surface area contributed by atoms with E-state index in [9.17, 15) is 0 Å². The number of aromatic nitrogens is 2. The Labute approximate surface area is 110 Å². The van der Waals surface area contributed by atoms with Gasteiger partial charge < -0.3 is 5.32 Å². The number of hydrogen-bond donors (Lipinski definition) is 1. The van der Waals surface area contributed by atoms with Crippen LogP contribution in [0.5, 0.6) is 0 Å². The van der Waals surface area contributed by atoms with Crippen LogP contribution in [0.15, 0.2) is 6.20 Å². The molecule has 0 aromatic carbocycles. The van der Waals surface area contributed by atoms with Crippen molar-refractivity contribution in [3.63, 3.8) is 0 Å². The van der Waals surface area contributed by atoms with E-state index in [0.717, 1.165) is 19.0 Å². The van der Waals surface area contributed by atoms with E-state index in [4.69, 9.17) is 5.10 Å². The molecule has 2 aliphatic carbocycles. The molecular formula is C15H25N3. The van der Waals surface area contributed by atoms with Crippen molar-refractivity contribution in [3.8, 4) is 0 Å². The first-order valence-electron chi connectivity index (χ1n) is 7.67. The predicted octanol–water partition coefficient (Wildman–Crippen LogP) is 3.38. The van der Waals surface area contributed by atoms with Crippen LogP contribution in [0.1, 0.15) is 75.1 Å². The van der Waals surface area contributed by atoms with E-state index in [2.05, 4.69) is 23.1 Å². The molecule has 0 saturated heterocycles. The van der Waals surface area contributed by atoms with Crippen LogP contribution < -0.4 is 5.32 Å². The monoisotopic (exact) mass is 247 g/mol. The molecule has 3 heteroatoms. The van der Waals surface area contributed by atoms with Crippen molar-refractivity contribution in [2.75, 3.05) is 6.54 Å². The Morgan fingerprint density at radius 2 is 2.00 bits per heavy atom. The van der Waals surface area contributed by atoms with Crippen LogP contribution in [0.2, 0.25) is 0 Å². The predicted molar refractivity (Wildman–Crippen MR) is 73.7 cm³/mol. The van der Waals surface area contributed by atoms with Gasteiger partial charge in [0, 0.05) is 23.7 Å². The molecule has 1 aromatic rings. The summed E-state index contributed by atoms with van der Waals surface area (Å²) < 4.78 is 2.39. The quantitative estimate of drug-likeness (QED) is 0.864. The summed E-state index contributed by atoms with van der Waals surface area (Å²) in [6.45, 7) is 4.20. The Balaban J connectivity index is 1.81. The summed E-state index contributed by atoms with van der Waals surface area (Å²) in [5.41, 5.74) is 3.01. The van der Waals surface area contributed by atoms with Crippen LogP contribution in [0, 0.1) is 0 Å². The van der Waals surface area contributed by atoms with Gasteiger partial charge in [-0.05, 0) is 32.2 Å². The second kappa shape index (κ2) is 5.43. The molecule has 18 heavy (non-hydrogen) atoms. The average molecular weight is 247 g/mol. The van der Waals surface area contributed by atoms with Crippen molar-refractivity contribution in [2.24, 2.45) is 0 Å². The van der Waals surface area contributed by atoms with Gasteiger partial charge in [0.1, 0.15) is 0 Å². The first kappa shape index (κ1) is 12.2. The molecule has 3 rings (SSSR count). The highest BCUT2D eigenvalue weighted by Crippen LogP contribution is 2.43. The first-order chi connectivity index (χ1) is 8.90. The Hall–Kier alpha value is -0.830. The maximum Gasteiger partial charge on any atom is 0.0537 e. The third kappa shape index (κ3) is 2.46. The minimum Gasteiger partial charge on any atom is -0.313 e. The van der Waals surface area contributed by atoms with Gasteiger partial charge >= 0.3 is 0 Å². The molecule has 100 valence electrons. The molecule has 1 heterocycles. The highest BCUT2D eigenvalue weighted by molar-refractivity contribution is 5.26. The van der Waals surface area contributed by atoms with Crippen molar-refractivity contribution in [1.82, 2.24) is 15.1 Å². The maximum absolute atomic E-state index is 4.73. The lowest BCUT2D eigenvalue weighted by molar-refractivity contribution is 0.321. The molecular weight excluding hydrogens is 222 g/mol. The smallest absolute Gasteiger partial charge is 0.0537 e. The van der Waals surface area contributed by atoms with Crippen molar-refractivity contribution in [3.05, 3.63) is 17.5 Å². The van der Waals surface area contributed by atoms with E-state index in [1.807, 2.05) is 0 Å². The van der Waals surface area contributed by atoms with Crippen LogP contribution >= 0.6 is 0 Å². The summed E-state index contributed by atoms with van der Waals surface area (Å²) in [6.07, 6.45) is 11.7. The van der Waals surface area contributed by atoms with Crippen molar-refractivity contribution < 1.29 is 0 Å². The van der Waals surface area contributed by atoms with E-state index in [1.54, 1.807) is 5.69 Å². The summed E-state index contributed by atoms with van der Waals surface area (Å²) in [4.78, 5) is 0. The van der Waals surface area contributed by atoms with Gasteiger partial charge in [-0.3, -0.25) is 4.68 Å². The molecule has 2 saturated carbocycles. The largest absolute Gasteiger partial charge is 0.313 e. The van der Waals surface area contributed by atoms with E-state index < -0.39 is 0 Å². The molecule has 0 aliphatic heterocycles. The van der Waals surface area contributed by atoms with E-state index in [0.29, 0.717) is 6.04 Å². The van der Waals surface area contributed by atoms with Gasteiger partial charge in [-0.1, -0.05) is 26.2 Å². The molecule has 1 N–H and O–H groups in total. The SMILES string of the molecule is CCNCc1cnn(C2CCCCC2)c1C1CC1. The van der Waals surface area contributed by atoms with E-state index in [1.165, 1.54) is 50.5 Å². The number of nitrogens with zero attached hydrogens (tertiary/aromatic N) is 2. The molecule has 0 bridgehead atoms. The minimum absolute atomic E-state index is 0.685. The fraction of sp³-hybridized carbons (Fsp3) is 0.800. The van der Waals surface area contributed by atoms with Gasteiger partial charge in [-0.2, -0.15) is 5.10 Å². The van der Waals surface area contributed by atoms with Crippen LogP contribution in [0.3, 0.4) is 0 Å². The fourth-order valence-corrected chi connectivity index (χ4v) is 3.23.